The van der Waals surface area contributed by atoms with Crippen LogP contribution < -0.4 is 10.1 Å². The Morgan fingerprint density at radius 1 is 1.44 bits per heavy atom. The molecule has 0 spiro atoms. The summed E-state index contributed by atoms with van der Waals surface area (Å²) in [6, 6.07) is 9.29. The highest BCUT2D eigenvalue weighted by molar-refractivity contribution is 7.10. The monoisotopic (exact) mass is 263 g/mol. The Hall–Kier alpha value is -2.01. The van der Waals surface area contributed by atoms with Crippen LogP contribution in [0.3, 0.4) is 0 Å². The van der Waals surface area contributed by atoms with E-state index in [4.69, 9.17) is 9.84 Å². The molecule has 0 saturated heterocycles. The molecular weight excluding hydrogens is 250 g/mol. The first-order valence-corrected chi connectivity index (χ1v) is 6.26. The molecule has 0 amide bonds. The topological polar surface area (TPSA) is 58.6 Å². The third-order valence-electron chi connectivity index (χ3n) is 2.46. The minimum atomic E-state index is -0.894. The van der Waals surface area contributed by atoms with E-state index in [9.17, 15) is 4.79 Å². The normalized spacial score (nSPS) is 10.1. The number of rotatable bonds is 5. The van der Waals surface area contributed by atoms with E-state index >= 15 is 0 Å². The number of para-hydroxylation sites is 2. The maximum Gasteiger partial charge on any atom is 0.336 e. The Morgan fingerprint density at radius 3 is 2.89 bits per heavy atom. The van der Waals surface area contributed by atoms with Crippen molar-refractivity contribution in [2.24, 2.45) is 0 Å². The molecule has 2 rings (SSSR count). The predicted octanol–water partition coefficient (Wildman–Crippen LogP) is 3.07. The van der Waals surface area contributed by atoms with E-state index in [0.717, 1.165) is 16.3 Å². The molecule has 0 fully saturated rings. The van der Waals surface area contributed by atoms with E-state index in [-0.39, 0.29) is 0 Å². The number of methoxy groups -OCH3 is 1. The fraction of sp³-hybridized carbons (Fsp3) is 0.154. The van der Waals surface area contributed by atoms with Crippen LogP contribution in [-0.2, 0) is 6.54 Å². The Bertz CT molecular complexity index is 551. The van der Waals surface area contributed by atoms with Crippen LogP contribution in [0.25, 0.3) is 0 Å². The van der Waals surface area contributed by atoms with Crippen molar-refractivity contribution in [1.29, 1.82) is 0 Å². The molecule has 0 unspecified atom stereocenters. The van der Waals surface area contributed by atoms with Crippen molar-refractivity contribution in [1.82, 2.24) is 0 Å². The number of carbonyl (C=O) groups is 1. The van der Waals surface area contributed by atoms with Gasteiger partial charge in [-0.05, 0) is 18.2 Å². The number of carboxylic acids is 1. The molecule has 0 aliphatic rings. The number of benzene rings is 1. The van der Waals surface area contributed by atoms with Gasteiger partial charge in [0.1, 0.15) is 5.75 Å². The van der Waals surface area contributed by atoms with Gasteiger partial charge in [-0.25, -0.2) is 4.79 Å². The summed E-state index contributed by atoms with van der Waals surface area (Å²) in [7, 11) is 1.62. The van der Waals surface area contributed by atoms with E-state index in [1.807, 2.05) is 24.3 Å². The lowest BCUT2D eigenvalue weighted by Gasteiger charge is -2.09. The molecule has 0 bridgehead atoms. The van der Waals surface area contributed by atoms with Crippen LogP contribution in [0.2, 0.25) is 0 Å². The van der Waals surface area contributed by atoms with Gasteiger partial charge in [0.05, 0.1) is 18.4 Å². The summed E-state index contributed by atoms with van der Waals surface area (Å²) in [4.78, 5) is 11.7. The quantitative estimate of drug-likeness (QED) is 0.870. The second-order valence-electron chi connectivity index (χ2n) is 3.66. The molecule has 18 heavy (non-hydrogen) atoms. The second-order valence-corrected chi connectivity index (χ2v) is 4.66. The fourth-order valence-electron chi connectivity index (χ4n) is 1.56. The highest BCUT2D eigenvalue weighted by Crippen LogP contribution is 2.24. The van der Waals surface area contributed by atoms with Gasteiger partial charge in [-0.3, -0.25) is 0 Å². The first-order valence-electron chi connectivity index (χ1n) is 5.38. The number of hydrogen-bond donors (Lipinski definition) is 2. The number of thiophene rings is 1. The third kappa shape index (κ3) is 2.81. The summed E-state index contributed by atoms with van der Waals surface area (Å²) in [5, 5.41) is 13.7. The molecule has 0 radical (unpaired) electrons. The van der Waals surface area contributed by atoms with Gasteiger partial charge in [0.2, 0.25) is 0 Å². The van der Waals surface area contributed by atoms with Gasteiger partial charge in [-0.2, -0.15) is 0 Å². The van der Waals surface area contributed by atoms with Crippen LogP contribution in [0.4, 0.5) is 5.69 Å². The molecule has 0 aliphatic heterocycles. The fourth-order valence-corrected chi connectivity index (χ4v) is 2.36. The van der Waals surface area contributed by atoms with Crippen LogP contribution in [0.1, 0.15) is 15.2 Å². The minimum absolute atomic E-state index is 0.330. The van der Waals surface area contributed by atoms with Crippen LogP contribution in [0.5, 0.6) is 5.75 Å². The number of ether oxygens (including phenoxy) is 1. The summed E-state index contributed by atoms with van der Waals surface area (Å²) in [5.41, 5.74) is 1.22. The minimum Gasteiger partial charge on any atom is -0.495 e. The summed E-state index contributed by atoms with van der Waals surface area (Å²) >= 11 is 1.43. The van der Waals surface area contributed by atoms with Crippen molar-refractivity contribution in [2.45, 2.75) is 6.54 Å². The average Bonchev–Trinajstić information content (AvgIpc) is 2.85. The molecule has 0 aliphatic carbocycles. The van der Waals surface area contributed by atoms with Crippen molar-refractivity contribution >= 4 is 23.0 Å². The molecule has 0 atom stereocenters. The van der Waals surface area contributed by atoms with Gasteiger partial charge < -0.3 is 15.2 Å². The molecule has 1 aromatic heterocycles. The zero-order valence-electron chi connectivity index (χ0n) is 9.84. The van der Waals surface area contributed by atoms with Crippen LogP contribution >= 0.6 is 11.3 Å². The van der Waals surface area contributed by atoms with Crippen molar-refractivity contribution in [3.63, 3.8) is 0 Å². The van der Waals surface area contributed by atoms with Gasteiger partial charge in [0.25, 0.3) is 0 Å². The molecule has 1 aromatic carbocycles. The second kappa shape index (κ2) is 5.55. The van der Waals surface area contributed by atoms with E-state index in [1.54, 1.807) is 18.6 Å². The predicted molar refractivity (Wildman–Crippen MR) is 71.6 cm³/mol. The van der Waals surface area contributed by atoms with Crippen molar-refractivity contribution < 1.29 is 14.6 Å². The van der Waals surface area contributed by atoms with Crippen molar-refractivity contribution in [3.05, 3.63) is 46.2 Å². The largest absolute Gasteiger partial charge is 0.495 e. The Labute approximate surface area is 109 Å². The molecule has 2 N–H and O–H groups in total. The van der Waals surface area contributed by atoms with Gasteiger partial charge in [-0.15, -0.1) is 11.3 Å². The number of carboxylic acid groups (broad SMARTS) is 1. The van der Waals surface area contributed by atoms with Crippen LogP contribution in [0.15, 0.2) is 35.7 Å². The maximum absolute atomic E-state index is 10.8. The molecular formula is C13H13NO3S. The van der Waals surface area contributed by atoms with E-state index in [2.05, 4.69) is 5.32 Å². The van der Waals surface area contributed by atoms with Crippen LogP contribution in [0, 0.1) is 0 Å². The lowest BCUT2D eigenvalue weighted by Crippen LogP contribution is -2.00. The van der Waals surface area contributed by atoms with Gasteiger partial charge in [-0.1, -0.05) is 12.1 Å². The smallest absolute Gasteiger partial charge is 0.336 e. The molecule has 5 heteroatoms. The summed E-state index contributed by atoms with van der Waals surface area (Å²) in [5.74, 6) is -0.123. The lowest BCUT2D eigenvalue weighted by molar-refractivity contribution is 0.0697. The number of hydrogen-bond acceptors (Lipinski definition) is 4. The standard InChI is InChI=1S/C13H13NO3S/c1-17-12-5-3-2-4-11(12)14-7-10-6-9(8-18-10)13(15)16/h2-6,8,14H,7H2,1H3,(H,15,16). The van der Waals surface area contributed by atoms with Crippen molar-refractivity contribution in [3.8, 4) is 5.75 Å². The number of nitrogens with one attached hydrogen (secondary N) is 1. The van der Waals surface area contributed by atoms with Gasteiger partial charge in [0, 0.05) is 16.8 Å². The van der Waals surface area contributed by atoms with Crippen molar-refractivity contribution in [2.75, 3.05) is 12.4 Å². The van der Waals surface area contributed by atoms with E-state index in [0.29, 0.717) is 12.1 Å². The summed E-state index contributed by atoms with van der Waals surface area (Å²) in [6.07, 6.45) is 0. The molecule has 2 aromatic rings. The van der Waals surface area contributed by atoms with Gasteiger partial charge in [0.15, 0.2) is 0 Å². The summed E-state index contributed by atoms with van der Waals surface area (Å²) in [6.45, 7) is 0.582. The average molecular weight is 263 g/mol. The summed E-state index contributed by atoms with van der Waals surface area (Å²) < 4.78 is 5.22. The highest BCUT2D eigenvalue weighted by Gasteiger charge is 2.07. The first kappa shape index (κ1) is 12.4. The number of aromatic carboxylic acids is 1. The third-order valence-corrected chi connectivity index (χ3v) is 3.40. The molecule has 0 saturated carbocycles. The molecule has 1 heterocycles. The van der Waals surface area contributed by atoms with E-state index in [1.165, 1.54) is 11.3 Å². The van der Waals surface area contributed by atoms with Gasteiger partial charge >= 0.3 is 5.97 Å². The molecule has 4 nitrogen and oxygen atoms in total. The SMILES string of the molecule is COc1ccccc1NCc1cc(C(=O)O)cs1. The van der Waals surface area contributed by atoms with E-state index < -0.39 is 5.97 Å². The Morgan fingerprint density at radius 2 is 2.22 bits per heavy atom. The Kier molecular flexibility index (Phi) is 3.84. The lowest BCUT2D eigenvalue weighted by atomic mass is 10.2. The highest BCUT2D eigenvalue weighted by atomic mass is 32.1. The zero-order chi connectivity index (χ0) is 13.0. The first-order chi connectivity index (χ1) is 8.70. The molecule has 94 valence electrons. The zero-order valence-corrected chi connectivity index (χ0v) is 10.7. The number of anilines is 1. The Balaban J connectivity index is 2.04. The maximum atomic E-state index is 10.8. The van der Waals surface area contributed by atoms with Crippen LogP contribution in [-0.4, -0.2) is 18.2 Å².